The highest BCUT2D eigenvalue weighted by atomic mass is 16.3. The molecule has 0 aromatic carbocycles. The number of β-amino-alcohol motifs (C(OH)–C–C–N with tert-alkyl or cyclic N) is 1. The van der Waals surface area contributed by atoms with E-state index in [0.717, 1.165) is 36.5 Å². The van der Waals surface area contributed by atoms with E-state index in [-0.39, 0.29) is 6.10 Å². The van der Waals surface area contributed by atoms with Crippen LogP contribution in [0.4, 0.5) is 0 Å². The SMILES string of the molecule is Cn1cc(CNCC(O)CN2CCCCC2)c(-c2ccncc2)n1. The third-order valence-corrected chi connectivity index (χ3v) is 4.47. The molecule has 6 nitrogen and oxygen atoms in total. The van der Waals surface area contributed by atoms with Crippen molar-refractivity contribution in [3.05, 3.63) is 36.3 Å². The number of aliphatic hydroxyl groups is 1. The predicted octanol–water partition coefficient (Wildman–Crippen LogP) is 1.42. The molecule has 2 aromatic heterocycles. The Morgan fingerprint density at radius 2 is 1.96 bits per heavy atom. The van der Waals surface area contributed by atoms with Gasteiger partial charge in [0.2, 0.25) is 0 Å². The highest BCUT2D eigenvalue weighted by Gasteiger charge is 2.15. The Kier molecular flexibility index (Phi) is 5.96. The van der Waals surface area contributed by atoms with E-state index in [0.29, 0.717) is 13.1 Å². The molecular weight excluding hydrogens is 302 g/mol. The van der Waals surface area contributed by atoms with Gasteiger partial charge in [-0.25, -0.2) is 0 Å². The quantitative estimate of drug-likeness (QED) is 0.804. The molecule has 0 aliphatic carbocycles. The molecule has 1 atom stereocenters. The van der Waals surface area contributed by atoms with E-state index >= 15 is 0 Å². The first-order valence-corrected chi connectivity index (χ1v) is 8.76. The van der Waals surface area contributed by atoms with Gasteiger partial charge in [-0.15, -0.1) is 0 Å². The second-order valence-corrected chi connectivity index (χ2v) is 6.56. The summed E-state index contributed by atoms with van der Waals surface area (Å²) in [6.07, 6.45) is 9.09. The van der Waals surface area contributed by atoms with Crippen molar-refractivity contribution in [2.45, 2.75) is 31.9 Å². The monoisotopic (exact) mass is 329 g/mol. The number of nitrogens with one attached hydrogen (secondary N) is 1. The molecule has 3 heterocycles. The number of nitrogens with zero attached hydrogens (tertiary/aromatic N) is 4. The molecule has 0 saturated carbocycles. The molecule has 2 N–H and O–H groups in total. The van der Waals surface area contributed by atoms with Crippen LogP contribution in [0.25, 0.3) is 11.3 Å². The Balaban J connectivity index is 1.51. The zero-order valence-electron chi connectivity index (χ0n) is 14.4. The smallest absolute Gasteiger partial charge is 0.0969 e. The lowest BCUT2D eigenvalue weighted by Crippen LogP contribution is -2.40. The van der Waals surface area contributed by atoms with Crippen LogP contribution in [-0.4, -0.2) is 57.1 Å². The largest absolute Gasteiger partial charge is 0.390 e. The van der Waals surface area contributed by atoms with Gasteiger partial charge in [-0.3, -0.25) is 9.67 Å². The maximum atomic E-state index is 10.2. The predicted molar refractivity (Wildman–Crippen MR) is 94.4 cm³/mol. The van der Waals surface area contributed by atoms with Crippen molar-refractivity contribution in [2.75, 3.05) is 26.2 Å². The fourth-order valence-electron chi connectivity index (χ4n) is 3.30. The molecule has 1 saturated heterocycles. The number of aryl methyl sites for hydroxylation is 1. The Morgan fingerprint density at radius 3 is 2.71 bits per heavy atom. The standard InChI is InChI=1S/C18H27N5O/c1-22-13-16(18(21-22)15-5-7-19-8-6-15)11-20-12-17(24)14-23-9-3-2-4-10-23/h5-8,13,17,20,24H,2-4,9-12,14H2,1H3. The molecule has 2 aromatic rings. The number of aromatic nitrogens is 3. The number of hydrogen-bond acceptors (Lipinski definition) is 5. The first-order valence-electron chi connectivity index (χ1n) is 8.76. The highest BCUT2D eigenvalue weighted by molar-refractivity contribution is 5.61. The van der Waals surface area contributed by atoms with Gasteiger partial charge < -0.3 is 15.3 Å². The first kappa shape index (κ1) is 17.1. The van der Waals surface area contributed by atoms with E-state index in [4.69, 9.17) is 0 Å². The summed E-state index contributed by atoms with van der Waals surface area (Å²) in [4.78, 5) is 6.42. The summed E-state index contributed by atoms with van der Waals surface area (Å²) in [7, 11) is 1.93. The Hall–Kier alpha value is -1.76. The molecular formula is C18H27N5O. The van der Waals surface area contributed by atoms with Crippen LogP contribution in [0, 0.1) is 0 Å². The highest BCUT2D eigenvalue weighted by Crippen LogP contribution is 2.20. The van der Waals surface area contributed by atoms with Crippen molar-refractivity contribution >= 4 is 0 Å². The Bertz CT molecular complexity index is 622. The van der Waals surface area contributed by atoms with Crippen molar-refractivity contribution in [3.8, 4) is 11.3 Å². The normalized spacial score (nSPS) is 17.1. The van der Waals surface area contributed by atoms with E-state index in [1.807, 2.05) is 30.1 Å². The second-order valence-electron chi connectivity index (χ2n) is 6.56. The summed E-state index contributed by atoms with van der Waals surface area (Å²) < 4.78 is 1.83. The number of hydrogen-bond donors (Lipinski definition) is 2. The molecule has 0 amide bonds. The molecule has 0 bridgehead atoms. The van der Waals surface area contributed by atoms with Gasteiger partial charge in [0, 0.05) is 56.4 Å². The zero-order valence-corrected chi connectivity index (χ0v) is 14.4. The summed E-state index contributed by atoms with van der Waals surface area (Å²) in [6, 6.07) is 3.94. The molecule has 1 fully saturated rings. The fraction of sp³-hybridized carbons (Fsp3) is 0.556. The van der Waals surface area contributed by atoms with Crippen LogP contribution in [0.3, 0.4) is 0 Å². The van der Waals surface area contributed by atoms with E-state index in [1.165, 1.54) is 19.3 Å². The molecule has 130 valence electrons. The summed E-state index contributed by atoms with van der Waals surface area (Å²) in [5, 5.41) is 18.2. The average molecular weight is 329 g/mol. The number of likely N-dealkylation sites (tertiary alicyclic amines) is 1. The van der Waals surface area contributed by atoms with Crippen molar-refractivity contribution in [2.24, 2.45) is 7.05 Å². The minimum atomic E-state index is -0.329. The molecule has 1 aliphatic heterocycles. The third kappa shape index (κ3) is 4.63. The summed E-state index contributed by atoms with van der Waals surface area (Å²) in [6.45, 7) is 4.29. The number of pyridine rings is 1. The van der Waals surface area contributed by atoms with Crippen LogP contribution < -0.4 is 5.32 Å². The van der Waals surface area contributed by atoms with Crippen molar-refractivity contribution < 1.29 is 5.11 Å². The molecule has 0 spiro atoms. The van der Waals surface area contributed by atoms with Gasteiger partial charge in [0.15, 0.2) is 0 Å². The van der Waals surface area contributed by atoms with Crippen molar-refractivity contribution in [1.29, 1.82) is 0 Å². The molecule has 1 unspecified atom stereocenters. The lowest BCUT2D eigenvalue weighted by atomic mass is 10.1. The molecule has 1 aliphatic rings. The lowest BCUT2D eigenvalue weighted by molar-refractivity contribution is 0.1000. The van der Waals surface area contributed by atoms with E-state index < -0.39 is 0 Å². The zero-order chi connectivity index (χ0) is 16.8. The van der Waals surface area contributed by atoms with E-state index in [2.05, 4.69) is 20.3 Å². The lowest BCUT2D eigenvalue weighted by Gasteiger charge is -2.28. The van der Waals surface area contributed by atoms with Gasteiger partial charge in [0.25, 0.3) is 0 Å². The first-order chi connectivity index (χ1) is 11.7. The van der Waals surface area contributed by atoms with Crippen LogP contribution in [0.2, 0.25) is 0 Å². The Morgan fingerprint density at radius 1 is 1.21 bits per heavy atom. The second kappa shape index (κ2) is 8.37. The molecule has 0 radical (unpaired) electrons. The maximum Gasteiger partial charge on any atom is 0.0969 e. The number of rotatable bonds is 7. The third-order valence-electron chi connectivity index (χ3n) is 4.47. The van der Waals surface area contributed by atoms with Gasteiger partial charge in [-0.05, 0) is 38.1 Å². The minimum Gasteiger partial charge on any atom is -0.390 e. The summed E-state index contributed by atoms with van der Waals surface area (Å²) in [5.41, 5.74) is 3.17. The molecule has 3 rings (SSSR count). The van der Waals surface area contributed by atoms with E-state index in [9.17, 15) is 5.11 Å². The van der Waals surface area contributed by atoms with Gasteiger partial charge in [0.05, 0.1) is 11.8 Å². The van der Waals surface area contributed by atoms with Gasteiger partial charge in [-0.2, -0.15) is 5.10 Å². The topological polar surface area (TPSA) is 66.2 Å². The van der Waals surface area contributed by atoms with Crippen LogP contribution in [0.15, 0.2) is 30.7 Å². The summed E-state index contributed by atoms with van der Waals surface area (Å²) >= 11 is 0. The maximum absolute atomic E-state index is 10.2. The molecule has 6 heteroatoms. The van der Waals surface area contributed by atoms with Crippen LogP contribution in [-0.2, 0) is 13.6 Å². The number of aliphatic hydroxyl groups excluding tert-OH is 1. The van der Waals surface area contributed by atoms with Crippen LogP contribution >= 0.6 is 0 Å². The van der Waals surface area contributed by atoms with Crippen LogP contribution in [0.5, 0.6) is 0 Å². The Labute approximate surface area is 143 Å². The average Bonchev–Trinajstić information content (AvgIpc) is 2.97. The fourth-order valence-corrected chi connectivity index (χ4v) is 3.30. The molecule has 24 heavy (non-hydrogen) atoms. The van der Waals surface area contributed by atoms with Crippen molar-refractivity contribution in [3.63, 3.8) is 0 Å². The van der Waals surface area contributed by atoms with Crippen molar-refractivity contribution in [1.82, 2.24) is 25.0 Å². The van der Waals surface area contributed by atoms with Gasteiger partial charge in [0.1, 0.15) is 0 Å². The van der Waals surface area contributed by atoms with Crippen LogP contribution in [0.1, 0.15) is 24.8 Å². The van der Waals surface area contributed by atoms with E-state index in [1.54, 1.807) is 12.4 Å². The van der Waals surface area contributed by atoms with Gasteiger partial charge >= 0.3 is 0 Å². The summed E-state index contributed by atoms with van der Waals surface area (Å²) in [5.74, 6) is 0. The number of piperidine rings is 1. The minimum absolute atomic E-state index is 0.329. The van der Waals surface area contributed by atoms with Gasteiger partial charge in [-0.1, -0.05) is 6.42 Å².